The molecule has 0 bridgehead atoms. The highest BCUT2D eigenvalue weighted by atomic mass is 16.3. The summed E-state index contributed by atoms with van der Waals surface area (Å²) in [7, 11) is 0. The largest absolute Gasteiger partial charge is 0.460 e. The molecule has 1 N–H and O–H groups in total. The lowest BCUT2D eigenvalue weighted by atomic mass is 10.1. The van der Waals surface area contributed by atoms with Gasteiger partial charge >= 0.3 is 0 Å². The molecule has 1 saturated heterocycles. The Morgan fingerprint density at radius 2 is 2.00 bits per heavy atom. The monoisotopic (exact) mass is 356 g/mol. The number of carbonyl (C=O) groups is 1. The molecule has 1 amide bonds. The molecule has 0 aliphatic carbocycles. The maximum Gasteiger partial charge on any atom is 0.255 e. The smallest absolute Gasteiger partial charge is 0.255 e. The lowest BCUT2D eigenvalue weighted by Gasteiger charge is -2.29. The van der Waals surface area contributed by atoms with E-state index in [0.29, 0.717) is 12.5 Å². The zero-order chi connectivity index (χ0) is 18.4. The van der Waals surface area contributed by atoms with Gasteiger partial charge in [0.25, 0.3) is 5.91 Å². The highest BCUT2D eigenvalue weighted by Gasteiger charge is 2.21. The van der Waals surface area contributed by atoms with Crippen molar-refractivity contribution < 1.29 is 9.21 Å². The van der Waals surface area contributed by atoms with Crippen molar-refractivity contribution >= 4 is 16.9 Å². The average Bonchev–Trinajstić information content (AvgIpc) is 3.03. The highest BCUT2D eigenvalue weighted by molar-refractivity contribution is 6.07. The Morgan fingerprint density at radius 1 is 1.23 bits per heavy atom. The molecular formula is C22H32N2O2. The van der Waals surface area contributed by atoms with Crippen LogP contribution in [0.5, 0.6) is 0 Å². The number of carbonyl (C=O) groups excluding carboxylic acids is 1. The Kier molecular flexibility index (Phi) is 6.73. The summed E-state index contributed by atoms with van der Waals surface area (Å²) in [6.45, 7) is 8.56. The Balaban J connectivity index is 1.64. The summed E-state index contributed by atoms with van der Waals surface area (Å²) in [5.41, 5.74) is 1.55. The molecule has 4 heteroatoms. The van der Waals surface area contributed by atoms with E-state index in [-0.39, 0.29) is 5.91 Å². The maximum absolute atomic E-state index is 12.9. The lowest BCUT2D eigenvalue weighted by molar-refractivity contribution is 0.0942. The first kappa shape index (κ1) is 19.0. The van der Waals surface area contributed by atoms with Crippen LogP contribution >= 0.6 is 0 Å². The molecule has 1 aliphatic heterocycles. The fraction of sp³-hybridized carbons (Fsp3) is 0.591. The summed E-state index contributed by atoms with van der Waals surface area (Å²) in [5, 5.41) is 4.09. The van der Waals surface area contributed by atoms with Gasteiger partial charge in [-0.1, -0.05) is 44.9 Å². The Morgan fingerprint density at radius 3 is 2.77 bits per heavy atom. The number of fused-ring (bicyclic) bond motifs is 1. The second-order valence-electron chi connectivity index (χ2n) is 7.68. The average molecular weight is 357 g/mol. The Hall–Kier alpha value is -1.81. The van der Waals surface area contributed by atoms with Crippen molar-refractivity contribution in [1.82, 2.24) is 10.2 Å². The summed E-state index contributed by atoms with van der Waals surface area (Å²) in [4.78, 5) is 15.4. The van der Waals surface area contributed by atoms with E-state index in [4.69, 9.17) is 4.42 Å². The zero-order valence-electron chi connectivity index (χ0n) is 16.2. The minimum absolute atomic E-state index is 0.00606. The molecule has 2 heterocycles. The van der Waals surface area contributed by atoms with Gasteiger partial charge in [0.1, 0.15) is 11.3 Å². The number of amides is 1. The van der Waals surface area contributed by atoms with Crippen molar-refractivity contribution in [2.75, 3.05) is 26.2 Å². The number of aryl methyl sites for hydroxylation is 1. The van der Waals surface area contributed by atoms with Crippen LogP contribution in [0.3, 0.4) is 0 Å². The first-order valence-electron chi connectivity index (χ1n) is 10.2. The molecular weight excluding hydrogens is 324 g/mol. The number of benzene rings is 1. The van der Waals surface area contributed by atoms with Crippen molar-refractivity contribution in [3.8, 4) is 0 Å². The van der Waals surface area contributed by atoms with E-state index in [9.17, 15) is 4.79 Å². The van der Waals surface area contributed by atoms with Crippen molar-refractivity contribution in [3.63, 3.8) is 0 Å². The SMILES string of the molecule is CCCCc1oc2ccccc2c1C(=O)NCC(C)CN1CCCCC1. The van der Waals surface area contributed by atoms with E-state index in [1.54, 1.807) is 0 Å². The van der Waals surface area contributed by atoms with Crippen LogP contribution in [0.15, 0.2) is 28.7 Å². The van der Waals surface area contributed by atoms with Gasteiger partial charge < -0.3 is 14.6 Å². The number of hydrogen-bond donors (Lipinski definition) is 1. The number of furan rings is 1. The number of rotatable bonds is 8. The number of unbranched alkanes of at least 4 members (excludes halogenated alkanes) is 1. The van der Waals surface area contributed by atoms with Gasteiger partial charge in [-0.3, -0.25) is 4.79 Å². The number of nitrogens with one attached hydrogen (secondary N) is 1. The molecule has 0 spiro atoms. The van der Waals surface area contributed by atoms with Gasteiger partial charge in [-0.25, -0.2) is 0 Å². The van der Waals surface area contributed by atoms with E-state index < -0.39 is 0 Å². The summed E-state index contributed by atoms with van der Waals surface area (Å²) < 4.78 is 5.98. The van der Waals surface area contributed by atoms with Gasteiger partial charge in [-0.15, -0.1) is 0 Å². The quantitative estimate of drug-likeness (QED) is 0.750. The van der Waals surface area contributed by atoms with Crippen LogP contribution < -0.4 is 5.32 Å². The molecule has 1 aliphatic rings. The van der Waals surface area contributed by atoms with Crippen LogP contribution in [0.1, 0.15) is 62.1 Å². The molecule has 0 saturated carbocycles. The Bertz CT molecular complexity index is 716. The molecule has 1 unspecified atom stereocenters. The third-order valence-corrected chi connectivity index (χ3v) is 5.28. The number of hydrogen-bond acceptors (Lipinski definition) is 3. The number of nitrogens with zero attached hydrogens (tertiary/aromatic N) is 1. The first-order valence-corrected chi connectivity index (χ1v) is 10.2. The summed E-state index contributed by atoms with van der Waals surface area (Å²) in [6.07, 6.45) is 6.91. The van der Waals surface area contributed by atoms with Crippen molar-refractivity contribution in [2.24, 2.45) is 5.92 Å². The van der Waals surface area contributed by atoms with Gasteiger partial charge in [-0.2, -0.15) is 0 Å². The van der Waals surface area contributed by atoms with Crippen LogP contribution in [-0.2, 0) is 6.42 Å². The number of piperidine rings is 1. The molecule has 0 radical (unpaired) electrons. The molecule has 142 valence electrons. The summed E-state index contributed by atoms with van der Waals surface area (Å²) in [5.74, 6) is 1.29. The molecule has 26 heavy (non-hydrogen) atoms. The van der Waals surface area contributed by atoms with Crippen LogP contribution in [0.2, 0.25) is 0 Å². The maximum atomic E-state index is 12.9. The molecule has 2 aromatic rings. The third-order valence-electron chi connectivity index (χ3n) is 5.28. The second-order valence-corrected chi connectivity index (χ2v) is 7.68. The van der Waals surface area contributed by atoms with Gasteiger partial charge in [0.05, 0.1) is 5.56 Å². The van der Waals surface area contributed by atoms with E-state index >= 15 is 0 Å². The molecule has 1 aromatic carbocycles. The van der Waals surface area contributed by atoms with Crippen LogP contribution in [0.25, 0.3) is 11.0 Å². The molecule has 3 rings (SSSR count). The lowest BCUT2D eigenvalue weighted by Crippen LogP contribution is -2.38. The predicted octanol–water partition coefficient (Wildman–Crippen LogP) is 4.63. The van der Waals surface area contributed by atoms with Gasteiger partial charge in [0.2, 0.25) is 0 Å². The second kappa shape index (κ2) is 9.22. The van der Waals surface area contributed by atoms with Gasteiger partial charge in [-0.05, 0) is 44.3 Å². The summed E-state index contributed by atoms with van der Waals surface area (Å²) >= 11 is 0. The molecule has 1 aromatic heterocycles. The minimum atomic E-state index is 0.00606. The van der Waals surface area contributed by atoms with Crippen molar-refractivity contribution in [1.29, 1.82) is 0 Å². The summed E-state index contributed by atoms with van der Waals surface area (Å²) in [6, 6.07) is 7.86. The standard InChI is InChI=1S/C22H32N2O2/c1-3-4-11-20-21(18-10-6-7-12-19(18)26-20)22(25)23-15-17(2)16-24-13-8-5-9-14-24/h6-7,10,12,17H,3-5,8-9,11,13-16H2,1-2H3,(H,23,25). The highest BCUT2D eigenvalue weighted by Crippen LogP contribution is 2.27. The predicted molar refractivity (Wildman–Crippen MR) is 107 cm³/mol. The molecule has 4 nitrogen and oxygen atoms in total. The third kappa shape index (κ3) is 4.67. The van der Waals surface area contributed by atoms with Crippen LogP contribution in [0, 0.1) is 5.92 Å². The molecule has 1 fully saturated rings. The normalized spacial score (nSPS) is 16.7. The van der Waals surface area contributed by atoms with Crippen molar-refractivity contribution in [3.05, 3.63) is 35.6 Å². The van der Waals surface area contributed by atoms with Gasteiger partial charge in [0, 0.05) is 24.9 Å². The zero-order valence-corrected chi connectivity index (χ0v) is 16.2. The first-order chi connectivity index (χ1) is 12.7. The minimum Gasteiger partial charge on any atom is -0.460 e. The van der Waals surface area contributed by atoms with E-state index in [0.717, 1.165) is 48.1 Å². The van der Waals surface area contributed by atoms with Crippen LogP contribution in [-0.4, -0.2) is 37.0 Å². The fourth-order valence-electron chi connectivity index (χ4n) is 3.86. The van der Waals surface area contributed by atoms with E-state index in [2.05, 4.69) is 24.1 Å². The Labute approximate surface area is 156 Å². The molecule has 1 atom stereocenters. The number of para-hydroxylation sites is 1. The van der Waals surface area contributed by atoms with E-state index in [1.165, 1.54) is 32.4 Å². The van der Waals surface area contributed by atoms with E-state index in [1.807, 2.05) is 24.3 Å². The van der Waals surface area contributed by atoms with Crippen molar-refractivity contribution in [2.45, 2.75) is 52.4 Å². The fourth-order valence-corrected chi connectivity index (χ4v) is 3.86. The number of likely N-dealkylation sites (tertiary alicyclic amines) is 1. The topological polar surface area (TPSA) is 45.5 Å². The van der Waals surface area contributed by atoms with Gasteiger partial charge in [0.15, 0.2) is 0 Å². The van der Waals surface area contributed by atoms with Crippen LogP contribution in [0.4, 0.5) is 0 Å².